The molecule has 0 spiro atoms. The van der Waals surface area contributed by atoms with Gasteiger partial charge in [0.1, 0.15) is 5.82 Å². The molecule has 3 heteroatoms. The van der Waals surface area contributed by atoms with Crippen LogP contribution < -0.4 is 0 Å². The van der Waals surface area contributed by atoms with Gasteiger partial charge in [-0.25, -0.2) is 4.39 Å². The lowest BCUT2D eigenvalue weighted by Gasteiger charge is -2.44. The van der Waals surface area contributed by atoms with Crippen LogP contribution in [0, 0.1) is 28.5 Å². The zero-order valence-corrected chi connectivity index (χ0v) is 12.6. The molecule has 0 saturated carbocycles. The Kier molecular flexibility index (Phi) is 4.45. The third-order valence-corrected chi connectivity index (χ3v) is 4.19. The molecule has 0 N–H and O–H groups in total. The lowest BCUT2D eigenvalue weighted by atomic mass is 9.77. The second kappa shape index (κ2) is 5.93. The van der Waals surface area contributed by atoms with Crippen LogP contribution in [-0.2, 0) is 6.54 Å². The highest BCUT2D eigenvalue weighted by Crippen LogP contribution is 2.35. The number of hydrogen-bond donors (Lipinski definition) is 0. The van der Waals surface area contributed by atoms with Crippen molar-refractivity contribution in [1.29, 1.82) is 5.26 Å². The highest BCUT2D eigenvalue weighted by Gasteiger charge is 2.36. The summed E-state index contributed by atoms with van der Waals surface area (Å²) in [5.41, 5.74) is 1.28. The van der Waals surface area contributed by atoms with E-state index >= 15 is 0 Å². The first kappa shape index (κ1) is 15.0. The van der Waals surface area contributed by atoms with Gasteiger partial charge in [-0.3, -0.25) is 4.90 Å². The van der Waals surface area contributed by atoms with Gasteiger partial charge in [0.05, 0.1) is 6.07 Å². The van der Waals surface area contributed by atoms with Crippen molar-refractivity contribution in [2.24, 2.45) is 11.3 Å². The molecule has 1 aliphatic rings. The molecule has 2 atom stereocenters. The van der Waals surface area contributed by atoms with Gasteiger partial charge in [0.25, 0.3) is 0 Å². The fourth-order valence-electron chi connectivity index (χ4n) is 3.05. The van der Waals surface area contributed by atoms with E-state index in [0.29, 0.717) is 6.04 Å². The van der Waals surface area contributed by atoms with Crippen molar-refractivity contribution in [3.05, 3.63) is 35.6 Å². The molecule has 108 valence electrons. The Labute approximate surface area is 121 Å². The average Bonchev–Trinajstić information content (AvgIpc) is 2.40. The van der Waals surface area contributed by atoms with Gasteiger partial charge in [-0.05, 0) is 36.0 Å². The van der Waals surface area contributed by atoms with Gasteiger partial charge >= 0.3 is 0 Å². The van der Waals surface area contributed by atoms with Gasteiger partial charge in [-0.2, -0.15) is 5.26 Å². The lowest BCUT2D eigenvalue weighted by molar-refractivity contribution is 0.0437. The molecular weight excluding hydrogens is 251 g/mol. The molecule has 0 amide bonds. The molecule has 1 aliphatic heterocycles. The molecule has 0 aliphatic carbocycles. The zero-order chi connectivity index (χ0) is 14.8. The van der Waals surface area contributed by atoms with E-state index in [9.17, 15) is 9.65 Å². The lowest BCUT2D eigenvalue weighted by Crippen LogP contribution is -2.48. The topological polar surface area (TPSA) is 27.0 Å². The van der Waals surface area contributed by atoms with Gasteiger partial charge in [0.2, 0.25) is 0 Å². The minimum absolute atomic E-state index is 0.148. The number of nitrogens with zero attached hydrogens (tertiary/aromatic N) is 2. The van der Waals surface area contributed by atoms with Crippen molar-refractivity contribution in [1.82, 2.24) is 4.90 Å². The predicted molar refractivity (Wildman–Crippen MR) is 78.4 cm³/mol. The average molecular weight is 274 g/mol. The van der Waals surface area contributed by atoms with Gasteiger partial charge in [0, 0.05) is 25.0 Å². The van der Waals surface area contributed by atoms with E-state index in [4.69, 9.17) is 0 Å². The molecule has 2 unspecified atom stereocenters. The van der Waals surface area contributed by atoms with Crippen LogP contribution in [-0.4, -0.2) is 17.5 Å². The monoisotopic (exact) mass is 274 g/mol. The normalized spacial score (nSPS) is 24.4. The van der Waals surface area contributed by atoms with E-state index < -0.39 is 0 Å². The van der Waals surface area contributed by atoms with Crippen molar-refractivity contribution in [3.63, 3.8) is 0 Å². The largest absolute Gasteiger partial charge is 0.296 e. The Bertz CT molecular complexity index is 481. The van der Waals surface area contributed by atoms with Gasteiger partial charge < -0.3 is 0 Å². The van der Waals surface area contributed by atoms with Crippen molar-refractivity contribution in [2.45, 2.75) is 46.2 Å². The summed E-state index contributed by atoms with van der Waals surface area (Å²) in [4.78, 5) is 2.45. The number of piperidine rings is 1. The summed E-state index contributed by atoms with van der Waals surface area (Å²) >= 11 is 0. The molecule has 1 saturated heterocycles. The Morgan fingerprint density at radius 3 is 2.50 bits per heavy atom. The zero-order valence-electron chi connectivity index (χ0n) is 12.6. The number of benzene rings is 1. The second-order valence-electron chi connectivity index (χ2n) is 6.83. The first-order valence-electron chi connectivity index (χ1n) is 7.28. The predicted octanol–water partition coefficient (Wildman–Crippen LogP) is 3.98. The molecule has 0 bridgehead atoms. The minimum Gasteiger partial charge on any atom is -0.296 e. The molecular formula is C17H23FN2. The van der Waals surface area contributed by atoms with Crippen molar-refractivity contribution < 1.29 is 4.39 Å². The SMILES string of the molecule is CC(C)(C)C1CC(C#N)CCN1Cc1ccc(F)cc1. The van der Waals surface area contributed by atoms with E-state index in [1.165, 1.54) is 12.1 Å². The quantitative estimate of drug-likeness (QED) is 0.815. The van der Waals surface area contributed by atoms with Crippen molar-refractivity contribution >= 4 is 0 Å². The molecule has 2 rings (SSSR count). The molecule has 20 heavy (non-hydrogen) atoms. The fraction of sp³-hybridized carbons (Fsp3) is 0.588. The van der Waals surface area contributed by atoms with Crippen LogP contribution in [0.5, 0.6) is 0 Å². The number of halogens is 1. The molecule has 2 nitrogen and oxygen atoms in total. The Morgan fingerprint density at radius 2 is 1.95 bits per heavy atom. The van der Waals surface area contributed by atoms with Crippen LogP contribution in [0.25, 0.3) is 0 Å². The van der Waals surface area contributed by atoms with E-state index in [1.807, 2.05) is 12.1 Å². The second-order valence-corrected chi connectivity index (χ2v) is 6.83. The summed E-state index contributed by atoms with van der Waals surface area (Å²) in [6.07, 6.45) is 1.87. The minimum atomic E-state index is -0.190. The summed E-state index contributed by atoms with van der Waals surface area (Å²) in [6.45, 7) is 8.47. The molecule has 1 aromatic rings. The van der Waals surface area contributed by atoms with Crippen LogP contribution in [0.4, 0.5) is 4.39 Å². The summed E-state index contributed by atoms with van der Waals surface area (Å²) in [5, 5.41) is 9.17. The molecule has 1 aromatic carbocycles. The third-order valence-electron chi connectivity index (χ3n) is 4.19. The molecule has 1 heterocycles. The number of rotatable bonds is 2. The van der Waals surface area contributed by atoms with Gasteiger partial charge in [-0.1, -0.05) is 32.9 Å². The fourth-order valence-corrected chi connectivity index (χ4v) is 3.05. The van der Waals surface area contributed by atoms with Crippen LogP contribution in [0.1, 0.15) is 39.2 Å². The Hall–Kier alpha value is -1.40. The van der Waals surface area contributed by atoms with Gasteiger partial charge in [0.15, 0.2) is 0 Å². The molecule has 1 fully saturated rings. The summed E-state index contributed by atoms with van der Waals surface area (Å²) < 4.78 is 13.0. The van der Waals surface area contributed by atoms with Crippen molar-refractivity contribution in [2.75, 3.05) is 6.54 Å². The summed E-state index contributed by atoms with van der Waals surface area (Å²) in [6, 6.07) is 9.56. The maximum atomic E-state index is 13.0. The first-order chi connectivity index (χ1) is 9.40. The summed E-state index contributed by atoms with van der Waals surface area (Å²) in [7, 11) is 0. The van der Waals surface area contributed by atoms with Gasteiger partial charge in [-0.15, -0.1) is 0 Å². The van der Waals surface area contributed by atoms with Crippen LogP contribution in [0.15, 0.2) is 24.3 Å². The molecule has 0 radical (unpaired) electrons. The van der Waals surface area contributed by atoms with Crippen LogP contribution in [0.3, 0.4) is 0 Å². The van der Waals surface area contributed by atoms with Crippen molar-refractivity contribution in [3.8, 4) is 6.07 Å². The van der Waals surface area contributed by atoms with Crippen LogP contribution >= 0.6 is 0 Å². The van der Waals surface area contributed by atoms with E-state index in [0.717, 1.165) is 31.5 Å². The Balaban J connectivity index is 2.12. The van der Waals surface area contributed by atoms with E-state index in [1.54, 1.807) is 0 Å². The maximum Gasteiger partial charge on any atom is 0.123 e. The van der Waals surface area contributed by atoms with E-state index in [2.05, 4.69) is 31.7 Å². The number of hydrogen-bond acceptors (Lipinski definition) is 2. The standard InChI is InChI=1S/C17H23FN2/c1-17(2,3)16-10-14(11-19)8-9-20(16)12-13-4-6-15(18)7-5-13/h4-7,14,16H,8-10,12H2,1-3H3. The third kappa shape index (κ3) is 3.58. The highest BCUT2D eigenvalue weighted by molar-refractivity contribution is 5.16. The number of likely N-dealkylation sites (tertiary alicyclic amines) is 1. The number of nitriles is 1. The van der Waals surface area contributed by atoms with E-state index in [-0.39, 0.29) is 17.2 Å². The maximum absolute atomic E-state index is 13.0. The first-order valence-corrected chi connectivity index (χ1v) is 7.28. The van der Waals surface area contributed by atoms with Crippen LogP contribution in [0.2, 0.25) is 0 Å². The highest BCUT2D eigenvalue weighted by atomic mass is 19.1. The smallest absolute Gasteiger partial charge is 0.123 e. The Morgan fingerprint density at radius 1 is 1.30 bits per heavy atom. The summed E-state index contributed by atoms with van der Waals surface area (Å²) in [5.74, 6) is -0.0204. The molecule has 0 aromatic heterocycles.